The number of nitrogens with one attached hydrogen (secondary N) is 1. The van der Waals surface area contributed by atoms with Crippen molar-refractivity contribution in [2.45, 2.75) is 26.0 Å². The number of carbonyl (C=O) groups is 3. The zero-order valence-corrected chi connectivity index (χ0v) is 10.5. The Balaban J connectivity index is 2.45. The van der Waals surface area contributed by atoms with E-state index in [1.165, 1.54) is 6.92 Å². The van der Waals surface area contributed by atoms with Crippen LogP contribution in [0.2, 0.25) is 0 Å². The molecule has 1 aromatic carbocycles. The summed E-state index contributed by atoms with van der Waals surface area (Å²) < 4.78 is 4.94. The molecule has 0 spiro atoms. The minimum Gasteiger partial charge on any atom is -0.480 e. The minimum absolute atomic E-state index is 0.0755. The highest BCUT2D eigenvalue weighted by Crippen LogP contribution is 2.03. The number of amides is 1. The molecule has 1 unspecified atom stereocenters. The van der Waals surface area contributed by atoms with Gasteiger partial charge in [-0.25, -0.2) is 4.79 Å². The molecule has 0 saturated carbocycles. The lowest BCUT2D eigenvalue weighted by atomic mass is 10.2. The van der Waals surface area contributed by atoms with Gasteiger partial charge in [0.1, 0.15) is 12.6 Å². The number of ether oxygens (including phenoxy) is 1. The summed E-state index contributed by atoms with van der Waals surface area (Å²) in [5, 5.41) is 11.0. The molecule has 0 heterocycles. The molecule has 0 aliphatic rings. The number of esters is 1. The maximum atomic E-state index is 11.5. The van der Waals surface area contributed by atoms with Crippen molar-refractivity contribution < 1.29 is 24.2 Å². The third kappa shape index (κ3) is 5.67. The second-order valence-corrected chi connectivity index (χ2v) is 3.94. The Kier molecular flexibility index (Phi) is 5.53. The minimum atomic E-state index is -1.27. The fourth-order valence-corrected chi connectivity index (χ4v) is 1.41. The first-order valence-electron chi connectivity index (χ1n) is 5.68. The van der Waals surface area contributed by atoms with Crippen LogP contribution < -0.4 is 5.32 Å². The van der Waals surface area contributed by atoms with E-state index < -0.39 is 30.3 Å². The summed E-state index contributed by atoms with van der Waals surface area (Å²) in [5.74, 6) is -2.46. The number of benzene rings is 1. The molecule has 0 aliphatic carbocycles. The number of hydrogen-bond acceptors (Lipinski definition) is 4. The highest BCUT2D eigenvalue weighted by molar-refractivity contribution is 5.86. The molecule has 1 aromatic rings. The highest BCUT2D eigenvalue weighted by Gasteiger charge is 2.22. The molecule has 0 aromatic heterocycles. The summed E-state index contributed by atoms with van der Waals surface area (Å²) in [7, 11) is 0. The van der Waals surface area contributed by atoms with Gasteiger partial charge in [-0.2, -0.15) is 0 Å². The first-order valence-corrected chi connectivity index (χ1v) is 5.68. The Morgan fingerprint density at radius 3 is 2.42 bits per heavy atom. The Labute approximate surface area is 110 Å². The van der Waals surface area contributed by atoms with E-state index >= 15 is 0 Å². The quantitative estimate of drug-likeness (QED) is 0.739. The molecule has 102 valence electrons. The van der Waals surface area contributed by atoms with Gasteiger partial charge < -0.3 is 15.2 Å². The Morgan fingerprint density at radius 2 is 1.89 bits per heavy atom. The van der Waals surface area contributed by atoms with Crippen molar-refractivity contribution in [2.24, 2.45) is 0 Å². The van der Waals surface area contributed by atoms with Crippen LogP contribution in [0.15, 0.2) is 30.3 Å². The first-order chi connectivity index (χ1) is 8.99. The van der Waals surface area contributed by atoms with E-state index in [1.807, 2.05) is 6.07 Å². The summed E-state index contributed by atoms with van der Waals surface area (Å²) in [6.45, 7) is 1.26. The van der Waals surface area contributed by atoms with E-state index in [0.717, 1.165) is 5.56 Å². The molecule has 2 N–H and O–H groups in total. The molecule has 0 radical (unpaired) electrons. The molecule has 0 aliphatic heterocycles. The summed E-state index contributed by atoms with van der Waals surface area (Å²) in [4.78, 5) is 33.1. The summed E-state index contributed by atoms with van der Waals surface area (Å²) in [6.07, 6.45) is -0.401. The van der Waals surface area contributed by atoms with Gasteiger partial charge in [0.2, 0.25) is 5.91 Å². The van der Waals surface area contributed by atoms with Gasteiger partial charge in [-0.3, -0.25) is 9.59 Å². The number of carbonyl (C=O) groups excluding carboxylic acids is 2. The van der Waals surface area contributed by atoms with Crippen LogP contribution in [0, 0.1) is 0 Å². The molecule has 1 atom stereocenters. The van der Waals surface area contributed by atoms with Crippen LogP contribution in [-0.4, -0.2) is 29.0 Å². The number of aliphatic carboxylic acids is 1. The van der Waals surface area contributed by atoms with E-state index in [-0.39, 0.29) is 6.61 Å². The summed E-state index contributed by atoms with van der Waals surface area (Å²) in [6, 6.07) is 7.76. The van der Waals surface area contributed by atoms with Crippen molar-refractivity contribution in [3.63, 3.8) is 0 Å². The largest absolute Gasteiger partial charge is 0.480 e. The normalized spacial score (nSPS) is 11.4. The van der Waals surface area contributed by atoms with Crippen molar-refractivity contribution in [1.82, 2.24) is 5.32 Å². The number of carboxylic acid groups (broad SMARTS) is 1. The first kappa shape index (κ1) is 14.7. The molecule has 19 heavy (non-hydrogen) atoms. The topological polar surface area (TPSA) is 92.7 Å². The lowest BCUT2D eigenvalue weighted by Crippen LogP contribution is -2.41. The smallest absolute Gasteiger partial charge is 0.326 e. The zero-order valence-electron chi connectivity index (χ0n) is 10.5. The Hall–Kier alpha value is -2.37. The van der Waals surface area contributed by atoms with Crippen molar-refractivity contribution in [3.8, 4) is 0 Å². The highest BCUT2D eigenvalue weighted by atomic mass is 16.5. The average Bonchev–Trinajstić information content (AvgIpc) is 2.36. The zero-order chi connectivity index (χ0) is 14.3. The fraction of sp³-hybridized carbons (Fsp3) is 0.308. The van der Waals surface area contributed by atoms with Gasteiger partial charge in [-0.05, 0) is 5.56 Å². The monoisotopic (exact) mass is 265 g/mol. The molecular weight excluding hydrogens is 250 g/mol. The van der Waals surface area contributed by atoms with Crippen molar-refractivity contribution in [1.29, 1.82) is 0 Å². The van der Waals surface area contributed by atoms with Crippen molar-refractivity contribution in [3.05, 3.63) is 35.9 Å². The standard InChI is InChI=1S/C13H15NO5/c1-9(15)14-11(13(17)18)7-12(16)19-8-10-5-3-2-4-6-10/h2-6,11H,7-8H2,1H3,(H,14,15)(H,17,18). The van der Waals surface area contributed by atoms with Gasteiger partial charge in [0, 0.05) is 6.92 Å². The molecule has 0 bridgehead atoms. The Bertz CT molecular complexity index is 457. The van der Waals surface area contributed by atoms with Gasteiger partial charge in [0.15, 0.2) is 0 Å². The molecule has 6 nitrogen and oxygen atoms in total. The predicted molar refractivity (Wildman–Crippen MR) is 66.1 cm³/mol. The van der Waals surface area contributed by atoms with Gasteiger partial charge in [-0.15, -0.1) is 0 Å². The lowest BCUT2D eigenvalue weighted by molar-refractivity contribution is -0.151. The van der Waals surface area contributed by atoms with Crippen LogP contribution in [-0.2, 0) is 25.7 Å². The van der Waals surface area contributed by atoms with Crippen LogP contribution in [0.3, 0.4) is 0 Å². The molecule has 1 amide bonds. The fourth-order valence-electron chi connectivity index (χ4n) is 1.41. The van der Waals surface area contributed by atoms with Gasteiger partial charge >= 0.3 is 11.9 Å². The third-order valence-corrected chi connectivity index (χ3v) is 2.29. The van der Waals surface area contributed by atoms with Gasteiger partial charge in [0.05, 0.1) is 6.42 Å². The van der Waals surface area contributed by atoms with E-state index in [2.05, 4.69) is 5.32 Å². The molecule has 0 fully saturated rings. The van der Waals surface area contributed by atoms with Crippen LogP contribution in [0.1, 0.15) is 18.9 Å². The SMILES string of the molecule is CC(=O)NC(CC(=O)OCc1ccccc1)C(=O)O. The van der Waals surface area contributed by atoms with E-state index in [1.54, 1.807) is 24.3 Å². The molecular formula is C13H15NO5. The second kappa shape index (κ2) is 7.15. The van der Waals surface area contributed by atoms with Crippen molar-refractivity contribution >= 4 is 17.8 Å². The van der Waals surface area contributed by atoms with Crippen LogP contribution >= 0.6 is 0 Å². The maximum absolute atomic E-state index is 11.5. The Morgan fingerprint density at radius 1 is 1.26 bits per heavy atom. The number of rotatable bonds is 6. The van der Waals surface area contributed by atoms with Crippen molar-refractivity contribution in [2.75, 3.05) is 0 Å². The van der Waals surface area contributed by atoms with E-state index in [9.17, 15) is 14.4 Å². The van der Waals surface area contributed by atoms with Crippen LogP contribution in [0.25, 0.3) is 0 Å². The maximum Gasteiger partial charge on any atom is 0.326 e. The van der Waals surface area contributed by atoms with Crippen LogP contribution in [0.4, 0.5) is 0 Å². The summed E-state index contributed by atoms with van der Waals surface area (Å²) in [5.41, 5.74) is 0.808. The number of carboxylic acids is 1. The molecule has 6 heteroatoms. The van der Waals surface area contributed by atoms with Gasteiger partial charge in [0.25, 0.3) is 0 Å². The molecule has 1 rings (SSSR count). The second-order valence-electron chi connectivity index (χ2n) is 3.94. The number of hydrogen-bond donors (Lipinski definition) is 2. The van der Waals surface area contributed by atoms with E-state index in [0.29, 0.717) is 0 Å². The summed E-state index contributed by atoms with van der Waals surface area (Å²) >= 11 is 0. The van der Waals surface area contributed by atoms with Gasteiger partial charge in [-0.1, -0.05) is 30.3 Å². The average molecular weight is 265 g/mol. The predicted octanol–water partition coefficient (Wildman–Crippen LogP) is 0.709. The lowest BCUT2D eigenvalue weighted by Gasteiger charge is -2.12. The van der Waals surface area contributed by atoms with E-state index in [4.69, 9.17) is 9.84 Å². The molecule has 0 saturated heterocycles. The van der Waals surface area contributed by atoms with Crippen LogP contribution in [0.5, 0.6) is 0 Å². The third-order valence-electron chi connectivity index (χ3n) is 2.29.